The molecule has 7 heteroatoms. The monoisotopic (exact) mass is 313 g/mol. The van der Waals surface area contributed by atoms with Gasteiger partial charge in [0.1, 0.15) is 10.6 Å². The molecule has 2 heterocycles. The number of hydrogen-bond donors (Lipinski definition) is 1. The number of rotatable bonds is 3. The quantitative estimate of drug-likeness (QED) is 0.691. The van der Waals surface area contributed by atoms with E-state index in [1.54, 1.807) is 12.3 Å². The molecule has 0 aliphatic heterocycles. The first kappa shape index (κ1) is 15.0. The van der Waals surface area contributed by atoms with Crippen molar-refractivity contribution in [3.63, 3.8) is 0 Å². The summed E-state index contributed by atoms with van der Waals surface area (Å²) in [6.07, 6.45) is 0. The van der Waals surface area contributed by atoms with Crippen molar-refractivity contribution in [1.29, 1.82) is 0 Å². The van der Waals surface area contributed by atoms with Gasteiger partial charge < -0.3 is 10.1 Å². The molecule has 0 fully saturated rings. The molecule has 0 amide bonds. The first-order chi connectivity index (χ1) is 9.31. The summed E-state index contributed by atoms with van der Waals surface area (Å²) in [6.45, 7) is 8.11. The Morgan fingerprint density at radius 3 is 2.75 bits per heavy atom. The third-order valence-electron chi connectivity index (χ3n) is 2.40. The predicted octanol–water partition coefficient (Wildman–Crippen LogP) is 3.73. The number of carbonyl (C=O) groups excluding carboxylic acids is 1. The van der Waals surface area contributed by atoms with Crippen molar-refractivity contribution < 1.29 is 9.53 Å². The van der Waals surface area contributed by atoms with Crippen molar-refractivity contribution in [2.45, 2.75) is 33.2 Å². The van der Waals surface area contributed by atoms with Gasteiger partial charge in [0.25, 0.3) is 0 Å². The molecule has 1 N–H and O–H groups in total. The van der Waals surface area contributed by atoms with Gasteiger partial charge >= 0.3 is 5.97 Å². The number of nitrogens with zero attached hydrogens (tertiary/aromatic N) is 2. The van der Waals surface area contributed by atoms with Gasteiger partial charge in [-0.2, -0.15) is 0 Å². The molecule has 2 aromatic rings. The standard InChI is InChI=1S/C13H16ClN3O2S/c1-5-19-11(18)7-6-20-10-8(7)9(15-12(14)16-10)17-13(2,3)4/h6H,5H2,1-4H3,(H,15,16,17). The first-order valence-corrected chi connectivity index (χ1v) is 7.47. The lowest BCUT2D eigenvalue weighted by molar-refractivity contribution is 0.0529. The summed E-state index contributed by atoms with van der Waals surface area (Å²) in [4.78, 5) is 21.0. The molecule has 0 radical (unpaired) electrons. The molecule has 2 rings (SSSR count). The van der Waals surface area contributed by atoms with Crippen LogP contribution in [0.3, 0.4) is 0 Å². The molecule has 0 atom stereocenters. The van der Waals surface area contributed by atoms with Crippen LogP contribution >= 0.6 is 22.9 Å². The normalized spacial score (nSPS) is 11.7. The van der Waals surface area contributed by atoms with E-state index in [4.69, 9.17) is 16.3 Å². The average molecular weight is 314 g/mol. The fourth-order valence-corrected chi connectivity index (χ4v) is 2.85. The number of hydrogen-bond acceptors (Lipinski definition) is 6. The van der Waals surface area contributed by atoms with Gasteiger partial charge in [-0.1, -0.05) is 0 Å². The number of nitrogens with one attached hydrogen (secondary N) is 1. The third kappa shape index (κ3) is 3.19. The minimum Gasteiger partial charge on any atom is -0.462 e. The first-order valence-electron chi connectivity index (χ1n) is 6.22. The van der Waals surface area contributed by atoms with E-state index in [0.717, 1.165) is 0 Å². The zero-order valence-electron chi connectivity index (χ0n) is 11.8. The van der Waals surface area contributed by atoms with Gasteiger partial charge in [-0.05, 0) is 39.3 Å². The van der Waals surface area contributed by atoms with Crippen LogP contribution in [0.15, 0.2) is 5.38 Å². The fourth-order valence-electron chi connectivity index (χ4n) is 1.72. The van der Waals surface area contributed by atoms with E-state index in [0.29, 0.717) is 28.2 Å². The van der Waals surface area contributed by atoms with E-state index >= 15 is 0 Å². The second kappa shape index (κ2) is 5.54. The molecule has 0 spiro atoms. The predicted molar refractivity (Wildman–Crippen MR) is 81.8 cm³/mol. The maximum absolute atomic E-state index is 12.0. The number of thiophene rings is 1. The number of halogens is 1. The van der Waals surface area contributed by atoms with Crippen LogP contribution in [0.1, 0.15) is 38.1 Å². The van der Waals surface area contributed by atoms with E-state index in [-0.39, 0.29) is 16.8 Å². The Labute approximate surface area is 126 Å². The van der Waals surface area contributed by atoms with Crippen molar-refractivity contribution in [1.82, 2.24) is 9.97 Å². The number of carbonyl (C=O) groups is 1. The van der Waals surface area contributed by atoms with Gasteiger partial charge in [0.2, 0.25) is 5.28 Å². The molecule has 108 valence electrons. The maximum atomic E-state index is 12.0. The van der Waals surface area contributed by atoms with Crippen LogP contribution in [-0.4, -0.2) is 28.1 Å². The van der Waals surface area contributed by atoms with Crippen LogP contribution in [0.4, 0.5) is 5.82 Å². The van der Waals surface area contributed by atoms with Crippen molar-refractivity contribution >= 4 is 44.9 Å². The molecule has 0 unspecified atom stereocenters. The minimum absolute atomic E-state index is 0.154. The number of fused-ring (bicyclic) bond motifs is 1. The lowest BCUT2D eigenvalue weighted by Gasteiger charge is -2.22. The van der Waals surface area contributed by atoms with E-state index in [1.807, 2.05) is 20.8 Å². The van der Waals surface area contributed by atoms with Gasteiger partial charge in [0.15, 0.2) is 0 Å². The maximum Gasteiger partial charge on any atom is 0.339 e. The number of aromatic nitrogens is 2. The van der Waals surface area contributed by atoms with Crippen molar-refractivity contribution in [2.75, 3.05) is 11.9 Å². The Hall–Kier alpha value is -1.40. The van der Waals surface area contributed by atoms with Crippen molar-refractivity contribution in [3.05, 3.63) is 16.2 Å². The summed E-state index contributed by atoms with van der Waals surface area (Å²) in [5.41, 5.74) is 0.258. The van der Waals surface area contributed by atoms with Crippen LogP contribution in [-0.2, 0) is 4.74 Å². The van der Waals surface area contributed by atoms with Crippen LogP contribution in [0, 0.1) is 0 Å². The Balaban J connectivity index is 2.59. The van der Waals surface area contributed by atoms with Crippen LogP contribution in [0.2, 0.25) is 5.28 Å². The molecular weight excluding hydrogens is 298 g/mol. The zero-order chi connectivity index (χ0) is 14.9. The van der Waals surface area contributed by atoms with Gasteiger partial charge in [-0.25, -0.2) is 14.8 Å². The third-order valence-corrected chi connectivity index (χ3v) is 3.44. The lowest BCUT2D eigenvalue weighted by atomic mass is 10.1. The zero-order valence-corrected chi connectivity index (χ0v) is 13.4. The largest absolute Gasteiger partial charge is 0.462 e. The fraction of sp³-hybridized carbons (Fsp3) is 0.462. The van der Waals surface area contributed by atoms with Gasteiger partial charge in [0, 0.05) is 10.9 Å². The molecule has 20 heavy (non-hydrogen) atoms. The lowest BCUT2D eigenvalue weighted by Crippen LogP contribution is -2.27. The summed E-state index contributed by atoms with van der Waals surface area (Å²) in [7, 11) is 0. The Morgan fingerprint density at radius 1 is 1.45 bits per heavy atom. The van der Waals surface area contributed by atoms with Gasteiger partial charge in [-0.3, -0.25) is 0 Å². The molecule has 0 bridgehead atoms. The summed E-state index contributed by atoms with van der Waals surface area (Å²) >= 11 is 7.28. The molecule has 0 aliphatic carbocycles. The van der Waals surface area contributed by atoms with Gasteiger partial charge in [0.05, 0.1) is 17.6 Å². The Bertz CT molecular complexity index is 649. The molecular formula is C13H16ClN3O2S. The smallest absolute Gasteiger partial charge is 0.339 e. The van der Waals surface area contributed by atoms with Crippen LogP contribution in [0.25, 0.3) is 10.2 Å². The highest BCUT2D eigenvalue weighted by molar-refractivity contribution is 7.17. The molecule has 2 aromatic heterocycles. The minimum atomic E-state index is -0.373. The molecule has 5 nitrogen and oxygen atoms in total. The van der Waals surface area contributed by atoms with Crippen molar-refractivity contribution in [2.24, 2.45) is 0 Å². The number of anilines is 1. The topological polar surface area (TPSA) is 64.1 Å². The average Bonchev–Trinajstić information content (AvgIpc) is 2.70. The summed E-state index contributed by atoms with van der Waals surface area (Å²) in [5, 5.41) is 5.79. The highest BCUT2D eigenvalue weighted by Crippen LogP contribution is 2.32. The Kier molecular flexibility index (Phi) is 4.15. The van der Waals surface area contributed by atoms with Crippen LogP contribution in [0.5, 0.6) is 0 Å². The van der Waals surface area contributed by atoms with E-state index in [2.05, 4.69) is 15.3 Å². The van der Waals surface area contributed by atoms with Crippen LogP contribution < -0.4 is 5.32 Å². The SMILES string of the molecule is CCOC(=O)c1csc2nc(Cl)nc(NC(C)(C)C)c12. The second-order valence-electron chi connectivity index (χ2n) is 5.27. The summed E-state index contributed by atoms with van der Waals surface area (Å²) in [5.74, 6) is 0.179. The van der Waals surface area contributed by atoms with Gasteiger partial charge in [-0.15, -0.1) is 11.3 Å². The molecule has 0 saturated heterocycles. The van der Waals surface area contributed by atoms with Crippen molar-refractivity contribution in [3.8, 4) is 0 Å². The van der Waals surface area contributed by atoms with E-state index in [9.17, 15) is 4.79 Å². The molecule has 0 aromatic carbocycles. The Morgan fingerprint density at radius 2 is 2.15 bits per heavy atom. The number of ether oxygens (including phenoxy) is 1. The highest BCUT2D eigenvalue weighted by atomic mass is 35.5. The van der Waals surface area contributed by atoms with E-state index in [1.165, 1.54) is 11.3 Å². The summed E-state index contributed by atoms with van der Waals surface area (Å²) < 4.78 is 5.06. The van der Waals surface area contributed by atoms with E-state index < -0.39 is 0 Å². The molecule has 0 saturated carbocycles. The summed E-state index contributed by atoms with van der Waals surface area (Å²) in [6, 6.07) is 0. The molecule has 0 aliphatic rings. The number of esters is 1. The highest BCUT2D eigenvalue weighted by Gasteiger charge is 2.21. The second-order valence-corrected chi connectivity index (χ2v) is 6.46.